The lowest BCUT2D eigenvalue weighted by Crippen LogP contribution is -2.49. The van der Waals surface area contributed by atoms with E-state index in [9.17, 15) is 9.18 Å². The summed E-state index contributed by atoms with van der Waals surface area (Å²) in [7, 11) is 0. The minimum atomic E-state index is -0.338. The maximum absolute atomic E-state index is 13.2. The Labute approximate surface area is 161 Å². The SMILES string of the molecule is O=C(c1cnc(Nc2cccc(F)c2)cn1)N1CCN(c2ccccn2)CC1. The number of piperazine rings is 1. The summed E-state index contributed by atoms with van der Waals surface area (Å²) in [5, 5.41) is 2.96. The lowest BCUT2D eigenvalue weighted by atomic mass is 10.2. The number of amides is 1. The van der Waals surface area contributed by atoms with Crippen molar-refractivity contribution < 1.29 is 9.18 Å². The van der Waals surface area contributed by atoms with Gasteiger partial charge in [0.15, 0.2) is 0 Å². The van der Waals surface area contributed by atoms with Crippen LogP contribution in [0.1, 0.15) is 10.5 Å². The van der Waals surface area contributed by atoms with Gasteiger partial charge in [0.25, 0.3) is 5.91 Å². The quantitative estimate of drug-likeness (QED) is 0.753. The Hall–Kier alpha value is -3.55. The summed E-state index contributed by atoms with van der Waals surface area (Å²) < 4.78 is 13.2. The molecule has 8 heteroatoms. The van der Waals surface area contributed by atoms with Crippen molar-refractivity contribution in [3.63, 3.8) is 0 Å². The first kappa shape index (κ1) is 17.8. The van der Waals surface area contributed by atoms with E-state index in [0.717, 1.165) is 18.9 Å². The second kappa shape index (κ2) is 7.99. The van der Waals surface area contributed by atoms with E-state index in [1.54, 1.807) is 23.2 Å². The summed E-state index contributed by atoms with van der Waals surface area (Å²) >= 11 is 0. The number of hydrogen-bond donors (Lipinski definition) is 1. The van der Waals surface area contributed by atoms with E-state index >= 15 is 0 Å². The number of nitrogens with zero attached hydrogens (tertiary/aromatic N) is 5. The number of benzene rings is 1. The molecule has 1 amide bonds. The molecule has 1 N–H and O–H groups in total. The highest BCUT2D eigenvalue weighted by molar-refractivity contribution is 5.92. The highest BCUT2D eigenvalue weighted by atomic mass is 19.1. The lowest BCUT2D eigenvalue weighted by molar-refractivity contribution is 0.0740. The average Bonchev–Trinajstić information content (AvgIpc) is 2.75. The maximum Gasteiger partial charge on any atom is 0.274 e. The predicted molar refractivity (Wildman–Crippen MR) is 104 cm³/mol. The van der Waals surface area contributed by atoms with Crippen LogP contribution in [0.2, 0.25) is 0 Å². The van der Waals surface area contributed by atoms with Crippen LogP contribution >= 0.6 is 0 Å². The van der Waals surface area contributed by atoms with Gasteiger partial charge in [-0.2, -0.15) is 0 Å². The van der Waals surface area contributed by atoms with Crippen LogP contribution in [0.5, 0.6) is 0 Å². The van der Waals surface area contributed by atoms with Gasteiger partial charge in [-0.25, -0.2) is 19.3 Å². The minimum absolute atomic E-state index is 0.148. The van der Waals surface area contributed by atoms with Gasteiger partial charge in [0.2, 0.25) is 0 Å². The molecule has 0 saturated carbocycles. The van der Waals surface area contributed by atoms with Crippen LogP contribution in [-0.2, 0) is 0 Å². The summed E-state index contributed by atoms with van der Waals surface area (Å²) in [6.07, 6.45) is 4.68. The monoisotopic (exact) mass is 378 g/mol. The van der Waals surface area contributed by atoms with Gasteiger partial charge in [-0.15, -0.1) is 0 Å². The van der Waals surface area contributed by atoms with Crippen molar-refractivity contribution in [2.24, 2.45) is 0 Å². The smallest absolute Gasteiger partial charge is 0.274 e. The molecule has 0 bridgehead atoms. The van der Waals surface area contributed by atoms with Gasteiger partial charge in [-0.3, -0.25) is 4.79 Å². The summed E-state index contributed by atoms with van der Waals surface area (Å²) in [5.41, 5.74) is 0.857. The minimum Gasteiger partial charge on any atom is -0.353 e. The third-order valence-electron chi connectivity index (χ3n) is 4.51. The van der Waals surface area contributed by atoms with Crippen molar-refractivity contribution in [2.75, 3.05) is 36.4 Å². The molecule has 0 spiro atoms. The Kier molecular flexibility index (Phi) is 5.09. The fourth-order valence-electron chi connectivity index (χ4n) is 3.06. The van der Waals surface area contributed by atoms with E-state index in [-0.39, 0.29) is 17.4 Å². The predicted octanol–water partition coefficient (Wildman–Crippen LogP) is 2.72. The summed E-state index contributed by atoms with van der Waals surface area (Å²) in [5.74, 6) is 0.879. The summed E-state index contributed by atoms with van der Waals surface area (Å²) in [4.78, 5) is 29.4. The van der Waals surface area contributed by atoms with Crippen LogP contribution in [0.4, 0.5) is 21.7 Å². The number of aromatic nitrogens is 3. The molecule has 3 aromatic rings. The Bertz CT molecular complexity index is 942. The third kappa shape index (κ3) is 4.06. The number of anilines is 3. The molecule has 0 aliphatic carbocycles. The van der Waals surface area contributed by atoms with Gasteiger partial charge >= 0.3 is 0 Å². The molecule has 7 nitrogen and oxygen atoms in total. The average molecular weight is 378 g/mol. The normalized spacial score (nSPS) is 14.0. The van der Waals surface area contributed by atoms with Crippen LogP contribution < -0.4 is 10.2 Å². The number of halogens is 1. The topological polar surface area (TPSA) is 74.2 Å². The Morgan fingerprint density at radius 1 is 0.964 bits per heavy atom. The molecule has 0 atom stereocenters. The molecule has 142 valence electrons. The molecule has 4 rings (SSSR count). The van der Waals surface area contributed by atoms with Crippen LogP contribution in [-0.4, -0.2) is 51.9 Å². The fourth-order valence-corrected chi connectivity index (χ4v) is 3.06. The first-order chi connectivity index (χ1) is 13.7. The van der Waals surface area contributed by atoms with Gasteiger partial charge in [0, 0.05) is 38.1 Å². The van der Waals surface area contributed by atoms with Crippen molar-refractivity contribution in [3.8, 4) is 0 Å². The molecular formula is C20H19FN6O. The number of hydrogen-bond acceptors (Lipinski definition) is 6. The van der Waals surface area contributed by atoms with Crippen molar-refractivity contribution >= 4 is 23.2 Å². The highest BCUT2D eigenvalue weighted by Crippen LogP contribution is 2.16. The first-order valence-corrected chi connectivity index (χ1v) is 8.99. The number of rotatable bonds is 4. The Morgan fingerprint density at radius 2 is 1.82 bits per heavy atom. The molecule has 28 heavy (non-hydrogen) atoms. The number of nitrogens with one attached hydrogen (secondary N) is 1. The molecule has 3 heterocycles. The Morgan fingerprint density at radius 3 is 2.50 bits per heavy atom. The maximum atomic E-state index is 13.2. The molecule has 2 aromatic heterocycles. The van der Waals surface area contributed by atoms with Crippen molar-refractivity contribution in [3.05, 3.63) is 72.6 Å². The van der Waals surface area contributed by atoms with Gasteiger partial charge < -0.3 is 15.1 Å². The second-order valence-electron chi connectivity index (χ2n) is 6.39. The second-order valence-corrected chi connectivity index (χ2v) is 6.39. The van der Waals surface area contributed by atoms with E-state index in [0.29, 0.717) is 24.6 Å². The molecule has 1 aliphatic heterocycles. The van der Waals surface area contributed by atoms with E-state index in [4.69, 9.17) is 0 Å². The molecule has 1 saturated heterocycles. The van der Waals surface area contributed by atoms with Gasteiger partial charge in [0.05, 0.1) is 12.4 Å². The standard InChI is InChI=1S/C20H19FN6O/c21-15-4-3-5-16(12-15)25-18-14-23-17(13-24-18)20(28)27-10-8-26(9-11-27)19-6-1-2-7-22-19/h1-7,12-14H,8-11H2,(H,24,25). The zero-order valence-corrected chi connectivity index (χ0v) is 15.1. The fraction of sp³-hybridized carbons (Fsp3) is 0.200. The van der Waals surface area contributed by atoms with Crippen LogP contribution in [0, 0.1) is 5.82 Å². The molecule has 1 aromatic carbocycles. The van der Waals surface area contributed by atoms with Crippen molar-refractivity contribution in [2.45, 2.75) is 0 Å². The Balaban J connectivity index is 1.36. The molecule has 1 aliphatic rings. The molecule has 0 radical (unpaired) electrons. The molecule has 1 fully saturated rings. The first-order valence-electron chi connectivity index (χ1n) is 8.99. The number of carbonyl (C=O) groups excluding carboxylic acids is 1. The number of carbonyl (C=O) groups is 1. The zero-order valence-electron chi connectivity index (χ0n) is 15.1. The van der Waals surface area contributed by atoms with E-state index in [1.807, 2.05) is 18.2 Å². The summed E-state index contributed by atoms with van der Waals surface area (Å²) in [6.45, 7) is 2.63. The van der Waals surface area contributed by atoms with Crippen LogP contribution in [0.15, 0.2) is 61.1 Å². The van der Waals surface area contributed by atoms with Gasteiger partial charge in [-0.1, -0.05) is 12.1 Å². The highest BCUT2D eigenvalue weighted by Gasteiger charge is 2.23. The van der Waals surface area contributed by atoms with Gasteiger partial charge in [-0.05, 0) is 30.3 Å². The molecular weight excluding hydrogens is 359 g/mol. The van der Waals surface area contributed by atoms with E-state index < -0.39 is 0 Å². The molecule has 0 unspecified atom stereocenters. The largest absolute Gasteiger partial charge is 0.353 e. The summed E-state index contributed by atoms with van der Waals surface area (Å²) in [6, 6.07) is 11.9. The third-order valence-corrected chi connectivity index (χ3v) is 4.51. The van der Waals surface area contributed by atoms with Crippen molar-refractivity contribution in [1.29, 1.82) is 0 Å². The zero-order chi connectivity index (χ0) is 19.3. The van der Waals surface area contributed by atoms with Crippen molar-refractivity contribution in [1.82, 2.24) is 19.9 Å². The number of pyridine rings is 1. The van der Waals surface area contributed by atoms with Gasteiger partial charge in [0.1, 0.15) is 23.1 Å². The van der Waals surface area contributed by atoms with E-state index in [1.165, 1.54) is 24.5 Å². The van der Waals surface area contributed by atoms with Crippen LogP contribution in [0.3, 0.4) is 0 Å². The van der Waals surface area contributed by atoms with Crippen LogP contribution in [0.25, 0.3) is 0 Å². The van der Waals surface area contributed by atoms with E-state index in [2.05, 4.69) is 25.2 Å². The lowest BCUT2D eigenvalue weighted by Gasteiger charge is -2.35.